The molecule has 0 saturated carbocycles. The molecule has 0 unspecified atom stereocenters. The minimum atomic E-state index is 0. The molecular weight excluding hydrogens is 376 g/mol. The van der Waals surface area contributed by atoms with Crippen molar-refractivity contribution in [3.05, 3.63) is 78.9 Å². The predicted octanol–water partition coefficient (Wildman–Crippen LogP) is 0.232. The van der Waals surface area contributed by atoms with Gasteiger partial charge >= 0.3 is 5.82 Å². The zero-order chi connectivity index (χ0) is 18.6. The van der Waals surface area contributed by atoms with E-state index in [2.05, 4.69) is 0 Å². The van der Waals surface area contributed by atoms with Gasteiger partial charge in [0.1, 0.15) is 17.2 Å². The molecule has 4 aromatic rings. The number of hydrogen-bond donors (Lipinski definition) is 0. The first-order chi connectivity index (χ1) is 13.3. The molecule has 0 fully saturated rings. The fraction of sp³-hybridized carbons (Fsp3) is 0.0952. The minimum absolute atomic E-state index is 0. The van der Waals surface area contributed by atoms with E-state index >= 15 is 0 Å². The Bertz CT molecular complexity index is 967. The molecule has 6 nitrogen and oxygen atoms in total. The molecular formula is C21H19ClN4O2. The second-order valence-electron chi connectivity index (χ2n) is 5.86. The van der Waals surface area contributed by atoms with E-state index in [9.17, 15) is 0 Å². The average molecular weight is 395 g/mol. The molecule has 3 aromatic carbocycles. The molecule has 142 valence electrons. The maximum absolute atomic E-state index is 5.25. The third-order valence-electron chi connectivity index (χ3n) is 4.20. The molecule has 28 heavy (non-hydrogen) atoms. The van der Waals surface area contributed by atoms with Crippen molar-refractivity contribution >= 4 is 0 Å². The van der Waals surface area contributed by atoms with Crippen molar-refractivity contribution < 1.29 is 26.7 Å². The van der Waals surface area contributed by atoms with E-state index in [1.807, 2.05) is 78.9 Å². The second kappa shape index (κ2) is 8.54. The normalized spacial score (nSPS) is 10.2. The highest BCUT2D eigenvalue weighted by atomic mass is 35.5. The van der Waals surface area contributed by atoms with Gasteiger partial charge in [0.05, 0.1) is 24.9 Å². The summed E-state index contributed by atoms with van der Waals surface area (Å²) in [6.07, 6.45) is 0. The Morgan fingerprint density at radius 1 is 0.750 bits per heavy atom. The van der Waals surface area contributed by atoms with Crippen LogP contribution in [0, 0.1) is 0 Å². The molecule has 0 aliphatic heterocycles. The third kappa shape index (κ3) is 3.82. The Morgan fingerprint density at radius 2 is 1.32 bits per heavy atom. The van der Waals surface area contributed by atoms with Gasteiger partial charge in [0, 0.05) is 4.80 Å². The summed E-state index contributed by atoms with van der Waals surface area (Å²) in [6, 6.07) is 25.3. The van der Waals surface area contributed by atoms with Crippen LogP contribution in [0.4, 0.5) is 0 Å². The summed E-state index contributed by atoms with van der Waals surface area (Å²) in [5.41, 5.74) is 2.70. The molecule has 0 bridgehead atoms. The van der Waals surface area contributed by atoms with Crippen LogP contribution in [-0.2, 0) is 0 Å². The van der Waals surface area contributed by atoms with Gasteiger partial charge in [0.15, 0.2) is 5.69 Å². The van der Waals surface area contributed by atoms with E-state index in [0.29, 0.717) is 5.82 Å². The fourth-order valence-corrected chi connectivity index (χ4v) is 2.75. The highest BCUT2D eigenvalue weighted by molar-refractivity contribution is 5.53. The standard InChI is InChI=1S/C21H19N4O2.ClH/c1-26-19-12-8-17(9-13-19)24-22-21(16-6-4-3-5-7-16)23-25(24)18-10-14-20(27-2)15-11-18;/h3-15H,1-2H3;1H/q+1;/p-1. The lowest BCUT2D eigenvalue weighted by atomic mass is 10.2. The number of rotatable bonds is 5. The summed E-state index contributed by atoms with van der Waals surface area (Å²) in [5.74, 6) is 2.22. The Morgan fingerprint density at radius 3 is 1.89 bits per heavy atom. The zero-order valence-electron chi connectivity index (χ0n) is 15.5. The monoisotopic (exact) mass is 394 g/mol. The van der Waals surface area contributed by atoms with Gasteiger partial charge in [-0.15, -0.1) is 0 Å². The van der Waals surface area contributed by atoms with Gasteiger partial charge < -0.3 is 21.9 Å². The fourth-order valence-electron chi connectivity index (χ4n) is 2.75. The molecule has 7 heteroatoms. The molecule has 0 aliphatic rings. The molecule has 0 radical (unpaired) electrons. The maximum Gasteiger partial charge on any atom is 0.340 e. The maximum atomic E-state index is 5.25. The van der Waals surface area contributed by atoms with Crippen LogP contribution >= 0.6 is 0 Å². The number of methoxy groups -OCH3 is 2. The molecule has 0 aliphatic carbocycles. The van der Waals surface area contributed by atoms with E-state index in [1.54, 1.807) is 23.8 Å². The van der Waals surface area contributed by atoms with Gasteiger partial charge in [-0.05, 0) is 70.6 Å². The molecule has 0 amide bonds. The SMILES string of the molecule is COc1ccc(-n2nc(-c3ccccc3)n[n+]2-c2ccc(OC)cc2)cc1.[Cl-]. The predicted molar refractivity (Wildman–Crippen MR) is 101 cm³/mol. The van der Waals surface area contributed by atoms with Gasteiger partial charge in [-0.2, -0.15) is 0 Å². The molecule has 1 heterocycles. The highest BCUT2D eigenvalue weighted by Crippen LogP contribution is 2.18. The van der Waals surface area contributed by atoms with Gasteiger partial charge in [-0.3, -0.25) is 0 Å². The summed E-state index contributed by atoms with van der Waals surface area (Å²) in [5, 5.41) is 9.44. The second-order valence-corrected chi connectivity index (χ2v) is 5.86. The Hall–Kier alpha value is -3.38. The highest BCUT2D eigenvalue weighted by Gasteiger charge is 2.23. The number of aromatic nitrogens is 4. The van der Waals surface area contributed by atoms with Crippen LogP contribution in [0.2, 0.25) is 0 Å². The van der Waals surface area contributed by atoms with E-state index in [0.717, 1.165) is 28.4 Å². The molecule has 0 N–H and O–H groups in total. The van der Waals surface area contributed by atoms with Crippen LogP contribution in [0.15, 0.2) is 78.9 Å². The van der Waals surface area contributed by atoms with E-state index in [-0.39, 0.29) is 12.4 Å². The van der Waals surface area contributed by atoms with Crippen molar-refractivity contribution in [3.8, 4) is 34.3 Å². The smallest absolute Gasteiger partial charge is 0.340 e. The first-order valence-electron chi connectivity index (χ1n) is 8.52. The van der Waals surface area contributed by atoms with Crippen LogP contribution in [0.25, 0.3) is 22.8 Å². The van der Waals surface area contributed by atoms with Crippen LogP contribution < -0.4 is 26.7 Å². The molecule has 0 spiro atoms. The molecule has 4 rings (SSSR count). The number of ether oxygens (including phenoxy) is 2. The zero-order valence-corrected chi connectivity index (χ0v) is 16.2. The summed E-state index contributed by atoms with van der Waals surface area (Å²) in [4.78, 5) is 3.53. The van der Waals surface area contributed by atoms with Crippen molar-refractivity contribution in [1.82, 2.24) is 15.0 Å². The Kier molecular flexibility index (Phi) is 5.91. The molecule has 0 atom stereocenters. The van der Waals surface area contributed by atoms with E-state index < -0.39 is 0 Å². The minimum Gasteiger partial charge on any atom is -1.00 e. The summed E-state index contributed by atoms with van der Waals surface area (Å²) in [6.45, 7) is 0. The van der Waals surface area contributed by atoms with Crippen LogP contribution in [-0.4, -0.2) is 29.2 Å². The molecule has 1 aromatic heterocycles. The van der Waals surface area contributed by atoms with Crippen LogP contribution in [0.3, 0.4) is 0 Å². The quantitative estimate of drug-likeness (QED) is 0.455. The number of nitrogens with zero attached hydrogens (tertiary/aromatic N) is 4. The lowest BCUT2D eigenvalue weighted by molar-refractivity contribution is -0.734. The largest absolute Gasteiger partial charge is 1.00 e. The van der Waals surface area contributed by atoms with Gasteiger partial charge in [-0.1, -0.05) is 18.2 Å². The van der Waals surface area contributed by atoms with Gasteiger partial charge in [0.2, 0.25) is 0 Å². The van der Waals surface area contributed by atoms with Crippen LogP contribution in [0.1, 0.15) is 0 Å². The van der Waals surface area contributed by atoms with E-state index in [1.165, 1.54) is 0 Å². The summed E-state index contributed by atoms with van der Waals surface area (Å²) in [7, 11) is 3.30. The van der Waals surface area contributed by atoms with Crippen molar-refractivity contribution in [1.29, 1.82) is 0 Å². The summed E-state index contributed by atoms with van der Waals surface area (Å²) >= 11 is 0. The first kappa shape index (κ1) is 19.4. The number of benzene rings is 3. The van der Waals surface area contributed by atoms with Crippen LogP contribution in [0.5, 0.6) is 11.5 Å². The van der Waals surface area contributed by atoms with E-state index in [4.69, 9.17) is 19.7 Å². The Balaban J connectivity index is 0.00000225. The topological polar surface area (TPSA) is 53.0 Å². The number of hydrogen-bond acceptors (Lipinski definition) is 4. The van der Waals surface area contributed by atoms with Gasteiger partial charge in [-0.25, -0.2) is 0 Å². The summed E-state index contributed by atoms with van der Waals surface area (Å²) < 4.78 is 10.5. The third-order valence-corrected chi connectivity index (χ3v) is 4.20. The average Bonchev–Trinajstić information content (AvgIpc) is 3.20. The first-order valence-corrected chi connectivity index (χ1v) is 8.52. The van der Waals surface area contributed by atoms with Crippen molar-refractivity contribution in [2.45, 2.75) is 0 Å². The lowest BCUT2D eigenvalue weighted by Crippen LogP contribution is -3.00. The number of halogens is 1. The van der Waals surface area contributed by atoms with Gasteiger partial charge in [0.25, 0.3) is 0 Å². The lowest BCUT2D eigenvalue weighted by Gasteiger charge is -2.03. The molecule has 0 saturated heterocycles. The number of tetrazole rings is 1. The van der Waals surface area contributed by atoms with Crippen molar-refractivity contribution in [2.75, 3.05) is 14.2 Å². The van der Waals surface area contributed by atoms with Crippen molar-refractivity contribution in [3.63, 3.8) is 0 Å². The Labute approximate surface area is 169 Å². The van der Waals surface area contributed by atoms with Crippen molar-refractivity contribution in [2.24, 2.45) is 0 Å².